The summed E-state index contributed by atoms with van der Waals surface area (Å²) in [4.78, 5) is 14.2. The summed E-state index contributed by atoms with van der Waals surface area (Å²) in [7, 11) is 0. The minimum Gasteiger partial charge on any atom is -0.327 e. The third-order valence-corrected chi connectivity index (χ3v) is 3.97. The van der Waals surface area contributed by atoms with Crippen molar-refractivity contribution in [3.63, 3.8) is 0 Å². The number of likely N-dealkylation sites (tertiary alicyclic amines) is 1. The van der Waals surface area contributed by atoms with Gasteiger partial charge in [0.1, 0.15) is 0 Å². The molecule has 19 heavy (non-hydrogen) atoms. The first-order chi connectivity index (χ1) is 9.04. The summed E-state index contributed by atoms with van der Waals surface area (Å²) >= 11 is 3.42. The quantitative estimate of drug-likeness (QED) is 0.894. The largest absolute Gasteiger partial charge is 0.327 e. The highest BCUT2D eigenvalue weighted by atomic mass is 79.9. The summed E-state index contributed by atoms with van der Waals surface area (Å²) in [5, 5.41) is 2.92. The number of rotatable bonds is 3. The summed E-state index contributed by atoms with van der Waals surface area (Å²) < 4.78 is 0.895. The molecule has 1 aliphatic rings. The van der Waals surface area contributed by atoms with E-state index in [1.165, 1.54) is 0 Å². The lowest BCUT2D eigenvalue weighted by Crippen LogP contribution is -2.48. The Balaban J connectivity index is 1.89. The van der Waals surface area contributed by atoms with Crippen LogP contribution in [0.1, 0.15) is 13.3 Å². The van der Waals surface area contributed by atoms with Gasteiger partial charge in [-0.05, 0) is 40.4 Å². The van der Waals surface area contributed by atoms with Gasteiger partial charge in [0.25, 0.3) is 0 Å². The Morgan fingerprint density at radius 2 is 2.21 bits per heavy atom. The zero-order chi connectivity index (χ0) is 13.8. The third kappa shape index (κ3) is 4.30. The van der Waals surface area contributed by atoms with Crippen molar-refractivity contribution in [1.82, 2.24) is 4.90 Å². The van der Waals surface area contributed by atoms with E-state index in [9.17, 15) is 4.79 Å². The number of carbonyl (C=O) groups is 1. The lowest BCUT2D eigenvalue weighted by atomic mass is 9.97. The predicted molar refractivity (Wildman–Crippen MR) is 81.0 cm³/mol. The highest BCUT2D eigenvalue weighted by Gasteiger charge is 2.23. The van der Waals surface area contributed by atoms with Crippen LogP contribution < -0.4 is 11.1 Å². The fourth-order valence-corrected chi connectivity index (χ4v) is 2.98. The summed E-state index contributed by atoms with van der Waals surface area (Å²) in [6, 6.07) is 7.80. The first-order valence-electron chi connectivity index (χ1n) is 6.57. The second-order valence-electron chi connectivity index (χ2n) is 5.32. The molecule has 104 valence electrons. The van der Waals surface area contributed by atoms with Gasteiger partial charge in [-0.2, -0.15) is 0 Å². The molecule has 0 aliphatic carbocycles. The van der Waals surface area contributed by atoms with Crippen molar-refractivity contribution in [2.45, 2.75) is 19.4 Å². The zero-order valence-electron chi connectivity index (χ0n) is 11.1. The van der Waals surface area contributed by atoms with Gasteiger partial charge in [0.2, 0.25) is 5.91 Å². The van der Waals surface area contributed by atoms with Crippen molar-refractivity contribution >= 4 is 27.5 Å². The molecule has 1 fully saturated rings. The number of hydrogen-bond donors (Lipinski definition) is 2. The van der Waals surface area contributed by atoms with Crippen LogP contribution in [0.15, 0.2) is 28.7 Å². The van der Waals surface area contributed by atoms with Gasteiger partial charge in [-0.1, -0.05) is 19.1 Å². The molecule has 0 spiro atoms. The van der Waals surface area contributed by atoms with Gasteiger partial charge >= 0.3 is 0 Å². The van der Waals surface area contributed by atoms with Gasteiger partial charge < -0.3 is 11.1 Å². The smallest absolute Gasteiger partial charge is 0.238 e. The number of piperidine rings is 1. The van der Waals surface area contributed by atoms with Crippen LogP contribution in [-0.2, 0) is 4.79 Å². The minimum absolute atomic E-state index is 0.00759. The summed E-state index contributed by atoms with van der Waals surface area (Å²) in [5.74, 6) is 0.563. The van der Waals surface area contributed by atoms with Gasteiger partial charge in [-0.15, -0.1) is 0 Å². The molecule has 1 aromatic rings. The van der Waals surface area contributed by atoms with Gasteiger partial charge in [0.05, 0.1) is 12.2 Å². The molecule has 1 saturated heterocycles. The normalized spacial score (nSPS) is 24.2. The Hall–Kier alpha value is -0.910. The van der Waals surface area contributed by atoms with E-state index in [-0.39, 0.29) is 11.9 Å². The van der Waals surface area contributed by atoms with Crippen LogP contribution in [0.4, 0.5) is 5.69 Å². The number of carbonyl (C=O) groups excluding carboxylic acids is 1. The van der Waals surface area contributed by atoms with Crippen LogP contribution in [0.2, 0.25) is 0 Å². The molecule has 2 atom stereocenters. The van der Waals surface area contributed by atoms with E-state index in [1.54, 1.807) is 0 Å². The average molecular weight is 326 g/mol. The SMILES string of the molecule is CC1CC(N)CN(CC(=O)Nc2ccccc2Br)C1. The van der Waals surface area contributed by atoms with Gasteiger partial charge in [0, 0.05) is 23.6 Å². The maximum Gasteiger partial charge on any atom is 0.238 e. The van der Waals surface area contributed by atoms with Crippen molar-refractivity contribution in [2.75, 3.05) is 25.0 Å². The second kappa shape index (κ2) is 6.50. The topological polar surface area (TPSA) is 58.4 Å². The number of nitrogens with zero attached hydrogens (tertiary/aromatic N) is 1. The average Bonchev–Trinajstić information content (AvgIpc) is 2.30. The van der Waals surface area contributed by atoms with E-state index in [1.807, 2.05) is 24.3 Å². The first kappa shape index (κ1) is 14.5. The number of benzene rings is 1. The van der Waals surface area contributed by atoms with E-state index < -0.39 is 0 Å². The molecule has 0 radical (unpaired) electrons. The molecule has 1 aliphatic heterocycles. The zero-order valence-corrected chi connectivity index (χ0v) is 12.7. The maximum absolute atomic E-state index is 12.0. The molecule has 1 amide bonds. The number of hydrogen-bond acceptors (Lipinski definition) is 3. The molecule has 0 aromatic heterocycles. The van der Waals surface area contributed by atoms with Crippen molar-refractivity contribution in [1.29, 1.82) is 0 Å². The molecule has 2 rings (SSSR count). The predicted octanol–water partition coefficient (Wildman–Crippen LogP) is 2.06. The Kier molecular flexibility index (Phi) is 4.96. The number of nitrogens with two attached hydrogens (primary N) is 1. The Bertz CT molecular complexity index is 442. The number of para-hydroxylation sites is 1. The van der Waals surface area contributed by atoms with E-state index in [0.29, 0.717) is 12.5 Å². The Morgan fingerprint density at radius 3 is 2.89 bits per heavy atom. The summed E-state index contributed by atoms with van der Waals surface area (Å²) in [5.41, 5.74) is 6.79. The van der Waals surface area contributed by atoms with Gasteiger partial charge in [-0.3, -0.25) is 9.69 Å². The van der Waals surface area contributed by atoms with Crippen molar-refractivity contribution in [3.8, 4) is 0 Å². The first-order valence-corrected chi connectivity index (χ1v) is 7.36. The van der Waals surface area contributed by atoms with E-state index in [4.69, 9.17) is 5.73 Å². The fraction of sp³-hybridized carbons (Fsp3) is 0.500. The molecule has 1 heterocycles. The Morgan fingerprint density at radius 1 is 1.47 bits per heavy atom. The van der Waals surface area contributed by atoms with Crippen molar-refractivity contribution < 1.29 is 4.79 Å². The van der Waals surface area contributed by atoms with Crippen molar-refractivity contribution in [3.05, 3.63) is 28.7 Å². The number of amides is 1. The summed E-state index contributed by atoms with van der Waals surface area (Å²) in [6.07, 6.45) is 1.04. The molecular weight excluding hydrogens is 306 g/mol. The lowest BCUT2D eigenvalue weighted by molar-refractivity contribution is -0.117. The lowest BCUT2D eigenvalue weighted by Gasteiger charge is -2.34. The molecule has 3 N–H and O–H groups in total. The second-order valence-corrected chi connectivity index (χ2v) is 6.18. The van der Waals surface area contributed by atoms with Crippen LogP contribution in [0.3, 0.4) is 0 Å². The van der Waals surface area contributed by atoms with E-state index in [2.05, 4.69) is 33.1 Å². The molecular formula is C14H20BrN3O. The van der Waals surface area contributed by atoms with E-state index >= 15 is 0 Å². The van der Waals surface area contributed by atoms with Crippen LogP contribution >= 0.6 is 15.9 Å². The highest BCUT2D eigenvalue weighted by Crippen LogP contribution is 2.21. The van der Waals surface area contributed by atoms with Crippen LogP contribution in [0.5, 0.6) is 0 Å². The molecule has 5 heteroatoms. The van der Waals surface area contributed by atoms with Crippen molar-refractivity contribution in [2.24, 2.45) is 11.7 Å². The number of halogens is 1. The number of anilines is 1. The van der Waals surface area contributed by atoms with Crippen LogP contribution in [-0.4, -0.2) is 36.5 Å². The fourth-order valence-electron chi connectivity index (χ4n) is 2.60. The van der Waals surface area contributed by atoms with Gasteiger partial charge in [-0.25, -0.2) is 0 Å². The third-order valence-electron chi connectivity index (χ3n) is 3.28. The Labute approximate surface area is 122 Å². The molecule has 2 unspecified atom stereocenters. The highest BCUT2D eigenvalue weighted by molar-refractivity contribution is 9.10. The maximum atomic E-state index is 12.0. The molecule has 0 bridgehead atoms. The van der Waals surface area contributed by atoms with E-state index in [0.717, 1.165) is 29.7 Å². The minimum atomic E-state index is 0.00759. The molecule has 1 aromatic carbocycles. The molecule has 0 saturated carbocycles. The summed E-state index contributed by atoms with van der Waals surface area (Å²) in [6.45, 7) is 4.32. The molecule has 4 nitrogen and oxygen atoms in total. The monoisotopic (exact) mass is 325 g/mol. The number of nitrogens with one attached hydrogen (secondary N) is 1. The van der Waals surface area contributed by atoms with Crippen LogP contribution in [0, 0.1) is 5.92 Å². The van der Waals surface area contributed by atoms with Crippen LogP contribution in [0.25, 0.3) is 0 Å². The standard InChI is InChI=1S/C14H20BrN3O/c1-10-6-11(16)8-18(7-10)9-14(19)17-13-5-3-2-4-12(13)15/h2-5,10-11H,6-9,16H2,1H3,(H,17,19). The van der Waals surface area contributed by atoms with Gasteiger partial charge in [0.15, 0.2) is 0 Å².